The van der Waals surface area contributed by atoms with Gasteiger partial charge in [0.2, 0.25) is 0 Å². The summed E-state index contributed by atoms with van der Waals surface area (Å²) in [7, 11) is 0. The Morgan fingerprint density at radius 3 is 1.91 bits per heavy atom. The molecule has 5 N–H and O–H groups in total. The van der Waals surface area contributed by atoms with Gasteiger partial charge in [-0.2, -0.15) is 0 Å². The summed E-state index contributed by atoms with van der Waals surface area (Å²) in [6.07, 6.45) is 12.3. The molecule has 0 spiro atoms. The van der Waals surface area contributed by atoms with E-state index in [1.807, 2.05) is 12.1 Å². The minimum Gasteiger partial charge on any atom is -0.505 e. The normalized spacial score (nSPS) is 18.4. The molecule has 2 saturated heterocycles. The highest BCUT2D eigenvalue weighted by molar-refractivity contribution is 7.22. The molecule has 1 aliphatic carbocycles. The van der Waals surface area contributed by atoms with Gasteiger partial charge in [-0.05, 0) is 142 Å². The standard InChI is InChI=1S/C38H45FN2O3S.2C2H2O4/c39-33-25-31-32(24-27-10-14-30(15-11-27)44-36-9-3-2-8-34(36)41-20-4-1-5-21-41)38(45-37(31)26-35(33)42)28-12-16-29(17-13-28)43-23-22-40-18-6-7-19-40;2*3-1(4)2(5)6/h10-17,25-26,34,36,42H,1-9,18-24H2;2*(H,3,4)(H,5,6)/t34-,36-;;/m1../s1. The predicted molar refractivity (Wildman–Crippen MR) is 212 cm³/mol. The van der Waals surface area contributed by atoms with E-state index in [2.05, 4.69) is 46.2 Å². The van der Waals surface area contributed by atoms with Gasteiger partial charge in [-0.1, -0.05) is 25.0 Å². The lowest BCUT2D eigenvalue weighted by molar-refractivity contribution is -0.159. The molecule has 0 bridgehead atoms. The highest BCUT2D eigenvalue weighted by atomic mass is 32.1. The molecular weight excluding hydrogens is 760 g/mol. The third-order valence-electron chi connectivity index (χ3n) is 10.3. The van der Waals surface area contributed by atoms with E-state index in [0.717, 1.165) is 56.1 Å². The van der Waals surface area contributed by atoms with Crippen LogP contribution in [0.3, 0.4) is 0 Å². The first-order chi connectivity index (χ1) is 27.4. The number of rotatable bonds is 10. The summed E-state index contributed by atoms with van der Waals surface area (Å²) < 4.78 is 28.2. The molecule has 306 valence electrons. The smallest absolute Gasteiger partial charge is 0.414 e. The van der Waals surface area contributed by atoms with Gasteiger partial charge in [0.15, 0.2) is 11.6 Å². The summed E-state index contributed by atoms with van der Waals surface area (Å²) in [6.45, 7) is 6.39. The molecule has 7 rings (SSSR count). The van der Waals surface area contributed by atoms with Crippen molar-refractivity contribution in [3.63, 3.8) is 0 Å². The number of phenolic OH excluding ortho intramolecular Hbond substituents is 1. The molecule has 13 nitrogen and oxygen atoms in total. The minimum absolute atomic E-state index is 0.248. The number of carboxylic acids is 4. The van der Waals surface area contributed by atoms with Crippen LogP contribution < -0.4 is 9.47 Å². The Labute approximate surface area is 333 Å². The van der Waals surface area contributed by atoms with Crippen LogP contribution in [0.5, 0.6) is 17.2 Å². The fourth-order valence-electron chi connectivity index (χ4n) is 7.51. The van der Waals surface area contributed by atoms with Gasteiger partial charge in [-0.3, -0.25) is 9.80 Å². The van der Waals surface area contributed by atoms with Gasteiger partial charge in [-0.25, -0.2) is 23.6 Å². The summed E-state index contributed by atoms with van der Waals surface area (Å²) in [5, 5.41) is 40.6. The second-order valence-electron chi connectivity index (χ2n) is 14.3. The number of likely N-dealkylation sites (tertiary alicyclic amines) is 2. The molecule has 15 heteroatoms. The second kappa shape index (κ2) is 20.8. The molecule has 0 radical (unpaired) electrons. The van der Waals surface area contributed by atoms with E-state index in [1.165, 1.54) is 83.6 Å². The average Bonchev–Trinajstić information content (AvgIpc) is 3.85. The van der Waals surface area contributed by atoms with Gasteiger partial charge < -0.3 is 35.0 Å². The number of carboxylic acid groups (broad SMARTS) is 4. The van der Waals surface area contributed by atoms with E-state index in [4.69, 9.17) is 49.1 Å². The monoisotopic (exact) mass is 808 g/mol. The number of aliphatic carboxylic acids is 4. The van der Waals surface area contributed by atoms with Gasteiger partial charge in [0, 0.05) is 28.2 Å². The van der Waals surface area contributed by atoms with E-state index in [0.29, 0.717) is 19.1 Å². The molecule has 0 unspecified atom stereocenters. The van der Waals surface area contributed by atoms with E-state index in [9.17, 15) is 9.50 Å². The third-order valence-corrected chi connectivity index (χ3v) is 11.6. The van der Waals surface area contributed by atoms with Gasteiger partial charge in [0.25, 0.3) is 0 Å². The summed E-state index contributed by atoms with van der Waals surface area (Å²) in [5.74, 6) is -6.40. The molecule has 4 aromatic rings. The number of aromatic hydroxyl groups is 1. The molecule has 57 heavy (non-hydrogen) atoms. The fourth-order valence-corrected chi connectivity index (χ4v) is 8.76. The number of fused-ring (bicyclic) bond motifs is 1. The van der Waals surface area contributed by atoms with E-state index >= 15 is 0 Å². The number of halogens is 1. The van der Waals surface area contributed by atoms with Gasteiger partial charge in [0.05, 0.1) is 0 Å². The summed E-state index contributed by atoms with van der Waals surface area (Å²) in [5.41, 5.74) is 3.29. The van der Waals surface area contributed by atoms with E-state index in [-0.39, 0.29) is 11.9 Å². The van der Waals surface area contributed by atoms with Crippen LogP contribution in [0.25, 0.3) is 20.5 Å². The minimum atomic E-state index is -1.82. The first-order valence-corrected chi connectivity index (χ1v) is 20.0. The van der Waals surface area contributed by atoms with Crippen LogP contribution in [-0.2, 0) is 25.6 Å². The van der Waals surface area contributed by atoms with Crippen molar-refractivity contribution < 1.29 is 58.6 Å². The Balaban J connectivity index is 0.000000452. The van der Waals surface area contributed by atoms with Crippen LogP contribution in [0.1, 0.15) is 68.9 Å². The van der Waals surface area contributed by atoms with Crippen molar-refractivity contribution in [2.75, 3.05) is 39.3 Å². The zero-order valence-corrected chi connectivity index (χ0v) is 32.4. The van der Waals surface area contributed by atoms with Gasteiger partial charge in [0.1, 0.15) is 24.2 Å². The maximum atomic E-state index is 14.6. The van der Waals surface area contributed by atoms with Crippen molar-refractivity contribution >= 4 is 45.3 Å². The lowest BCUT2D eigenvalue weighted by atomic mass is 9.90. The third kappa shape index (κ3) is 12.4. The SMILES string of the molecule is O=C(O)C(=O)O.O=C(O)C(=O)O.Oc1cc2sc(-c3ccc(OCCN4CCCC4)cc3)c(Cc3ccc(O[C@@H]4CCCC[C@H]4N4CCCCC4)cc3)c2cc1F. The number of phenols is 1. The van der Waals surface area contributed by atoms with Crippen molar-refractivity contribution in [2.24, 2.45) is 0 Å². The quantitative estimate of drug-likeness (QED) is 0.103. The highest BCUT2D eigenvalue weighted by Crippen LogP contribution is 2.42. The predicted octanol–water partition coefficient (Wildman–Crippen LogP) is 6.97. The molecular formula is C42H49FN2O11S. The Hall–Kier alpha value is -5.25. The maximum absolute atomic E-state index is 14.6. The first kappa shape index (κ1) is 42.9. The van der Waals surface area contributed by atoms with Crippen molar-refractivity contribution in [1.82, 2.24) is 9.80 Å². The number of carbonyl (C=O) groups is 4. The average molecular weight is 809 g/mol. The van der Waals surface area contributed by atoms with Crippen molar-refractivity contribution in [3.8, 4) is 27.7 Å². The van der Waals surface area contributed by atoms with Crippen LogP contribution in [0.4, 0.5) is 4.39 Å². The molecule has 1 aromatic heterocycles. The molecule has 0 amide bonds. The maximum Gasteiger partial charge on any atom is 0.414 e. The topological polar surface area (TPSA) is 194 Å². The Kier molecular flexibility index (Phi) is 15.6. The molecule has 2 aliphatic heterocycles. The van der Waals surface area contributed by atoms with Gasteiger partial charge >= 0.3 is 23.9 Å². The molecule has 3 fully saturated rings. The molecule has 3 aromatic carbocycles. The van der Waals surface area contributed by atoms with Crippen LogP contribution in [-0.4, -0.2) is 111 Å². The Morgan fingerprint density at radius 2 is 1.30 bits per heavy atom. The fraction of sp³-hybridized carbons (Fsp3) is 0.429. The van der Waals surface area contributed by atoms with Gasteiger partial charge in [-0.15, -0.1) is 11.3 Å². The van der Waals surface area contributed by atoms with Crippen molar-refractivity contribution in [2.45, 2.75) is 76.4 Å². The van der Waals surface area contributed by atoms with E-state index < -0.39 is 29.7 Å². The number of nitrogens with zero attached hydrogens (tertiary/aromatic N) is 2. The van der Waals surface area contributed by atoms with Crippen molar-refractivity contribution in [1.29, 1.82) is 0 Å². The number of hydrogen-bond donors (Lipinski definition) is 5. The highest BCUT2D eigenvalue weighted by Gasteiger charge is 2.32. The number of piperidine rings is 1. The van der Waals surface area contributed by atoms with Crippen LogP contribution in [0.15, 0.2) is 60.7 Å². The summed E-state index contributed by atoms with van der Waals surface area (Å²) in [6, 6.07) is 20.3. The number of hydrogen-bond acceptors (Lipinski definition) is 10. The van der Waals surface area contributed by atoms with E-state index in [1.54, 1.807) is 17.4 Å². The zero-order valence-electron chi connectivity index (χ0n) is 31.6. The van der Waals surface area contributed by atoms with Crippen molar-refractivity contribution in [3.05, 3.63) is 77.6 Å². The van der Waals surface area contributed by atoms with Crippen LogP contribution in [0, 0.1) is 5.82 Å². The first-order valence-electron chi connectivity index (χ1n) is 19.2. The largest absolute Gasteiger partial charge is 0.505 e. The number of benzene rings is 3. The lowest BCUT2D eigenvalue weighted by Gasteiger charge is -2.41. The summed E-state index contributed by atoms with van der Waals surface area (Å²) >= 11 is 1.60. The Morgan fingerprint density at radius 1 is 0.719 bits per heavy atom. The molecule has 3 heterocycles. The number of thiophene rings is 1. The number of ether oxygens (including phenoxy) is 2. The van der Waals surface area contributed by atoms with Crippen LogP contribution in [0.2, 0.25) is 0 Å². The Bertz CT molecular complexity index is 1930. The lowest BCUT2D eigenvalue weighted by Crippen LogP contribution is -2.49. The molecule has 3 aliphatic rings. The summed E-state index contributed by atoms with van der Waals surface area (Å²) in [4.78, 5) is 42.6. The molecule has 2 atom stereocenters. The van der Waals surface area contributed by atoms with Crippen LogP contribution >= 0.6 is 11.3 Å². The zero-order chi connectivity index (χ0) is 40.9. The molecule has 1 saturated carbocycles. The second-order valence-corrected chi connectivity index (χ2v) is 15.3.